The Labute approximate surface area is 82.7 Å². The van der Waals surface area contributed by atoms with Crippen LogP contribution in [0.15, 0.2) is 6.07 Å². The van der Waals surface area contributed by atoms with E-state index < -0.39 is 0 Å². The molecule has 2 N–H and O–H groups in total. The first-order valence-electron chi connectivity index (χ1n) is 4.71. The van der Waals surface area contributed by atoms with E-state index in [2.05, 4.69) is 6.07 Å². The number of nitrogens with two attached hydrogens (primary N) is 1. The van der Waals surface area contributed by atoms with Gasteiger partial charge in [0.1, 0.15) is 5.75 Å². The summed E-state index contributed by atoms with van der Waals surface area (Å²) in [5, 5.41) is 0. The van der Waals surface area contributed by atoms with Gasteiger partial charge in [-0.3, -0.25) is 0 Å². The molecule has 1 aromatic heterocycles. The van der Waals surface area contributed by atoms with Gasteiger partial charge in [0, 0.05) is 9.75 Å². The Balaban J connectivity index is 2.20. The lowest BCUT2D eigenvalue weighted by Crippen LogP contribution is -2.01. The third-order valence-electron chi connectivity index (χ3n) is 2.36. The van der Waals surface area contributed by atoms with Crippen LogP contribution >= 0.6 is 11.3 Å². The van der Waals surface area contributed by atoms with Gasteiger partial charge >= 0.3 is 0 Å². The Morgan fingerprint density at radius 3 is 2.92 bits per heavy atom. The Bertz CT molecular complexity index is 291. The van der Waals surface area contributed by atoms with Gasteiger partial charge in [-0.1, -0.05) is 0 Å². The Morgan fingerprint density at radius 1 is 1.62 bits per heavy atom. The van der Waals surface area contributed by atoms with Crippen molar-refractivity contribution in [2.45, 2.75) is 25.2 Å². The molecule has 2 nitrogen and oxygen atoms in total. The molecule has 0 aromatic carbocycles. The van der Waals surface area contributed by atoms with E-state index in [9.17, 15) is 0 Å². The molecule has 1 fully saturated rings. The van der Waals surface area contributed by atoms with Crippen molar-refractivity contribution < 1.29 is 4.74 Å². The predicted molar refractivity (Wildman–Crippen MR) is 55.6 cm³/mol. The average Bonchev–Trinajstić information content (AvgIpc) is 2.90. The van der Waals surface area contributed by atoms with Crippen LogP contribution in [-0.4, -0.2) is 13.7 Å². The summed E-state index contributed by atoms with van der Waals surface area (Å²) in [6, 6.07) is 2.19. The zero-order chi connectivity index (χ0) is 9.26. The van der Waals surface area contributed by atoms with Gasteiger partial charge in [0.2, 0.25) is 0 Å². The molecule has 1 aromatic rings. The number of ether oxygens (including phenoxy) is 1. The van der Waals surface area contributed by atoms with Crippen molar-refractivity contribution in [3.8, 4) is 5.75 Å². The van der Waals surface area contributed by atoms with Gasteiger partial charge in [-0.2, -0.15) is 0 Å². The highest BCUT2D eigenvalue weighted by atomic mass is 32.1. The third-order valence-corrected chi connectivity index (χ3v) is 3.70. The largest absolute Gasteiger partial charge is 0.496 e. The first-order valence-corrected chi connectivity index (χ1v) is 5.53. The average molecular weight is 197 g/mol. The van der Waals surface area contributed by atoms with E-state index in [1.54, 1.807) is 7.11 Å². The summed E-state index contributed by atoms with van der Waals surface area (Å²) in [7, 11) is 1.73. The molecule has 1 saturated carbocycles. The van der Waals surface area contributed by atoms with Crippen molar-refractivity contribution in [1.29, 1.82) is 0 Å². The van der Waals surface area contributed by atoms with Crippen LogP contribution in [0.5, 0.6) is 5.75 Å². The highest BCUT2D eigenvalue weighted by Crippen LogP contribution is 2.46. The van der Waals surface area contributed by atoms with Crippen molar-refractivity contribution in [1.82, 2.24) is 0 Å². The molecule has 1 heterocycles. The van der Waals surface area contributed by atoms with Crippen molar-refractivity contribution in [2.75, 3.05) is 13.7 Å². The number of methoxy groups -OCH3 is 1. The van der Waals surface area contributed by atoms with Gasteiger partial charge in [0.15, 0.2) is 0 Å². The number of hydrogen-bond acceptors (Lipinski definition) is 3. The molecular formula is C10H15NOS. The van der Waals surface area contributed by atoms with Gasteiger partial charge < -0.3 is 10.5 Å². The molecule has 1 aliphatic carbocycles. The van der Waals surface area contributed by atoms with E-state index in [1.165, 1.54) is 22.6 Å². The zero-order valence-electron chi connectivity index (χ0n) is 7.88. The highest BCUT2D eigenvalue weighted by molar-refractivity contribution is 7.12. The first kappa shape index (κ1) is 9.03. The molecule has 1 aliphatic rings. The maximum absolute atomic E-state index is 5.54. The minimum atomic E-state index is 0.709. The second-order valence-corrected chi connectivity index (χ2v) is 4.62. The minimum Gasteiger partial charge on any atom is -0.496 e. The van der Waals surface area contributed by atoms with Crippen LogP contribution in [0.2, 0.25) is 0 Å². The van der Waals surface area contributed by atoms with Crippen LogP contribution in [0.25, 0.3) is 0 Å². The van der Waals surface area contributed by atoms with Crippen molar-refractivity contribution in [3.05, 3.63) is 15.8 Å². The minimum absolute atomic E-state index is 0.709. The van der Waals surface area contributed by atoms with Crippen LogP contribution < -0.4 is 10.5 Å². The highest BCUT2D eigenvalue weighted by Gasteiger charge is 2.26. The maximum Gasteiger partial charge on any atom is 0.133 e. The van der Waals surface area contributed by atoms with Crippen molar-refractivity contribution >= 4 is 11.3 Å². The number of rotatable bonds is 4. The van der Waals surface area contributed by atoms with Gasteiger partial charge in [-0.25, -0.2) is 0 Å². The molecular weight excluding hydrogens is 182 g/mol. The van der Waals surface area contributed by atoms with Crippen LogP contribution in [-0.2, 0) is 6.42 Å². The third kappa shape index (κ3) is 1.86. The smallest absolute Gasteiger partial charge is 0.133 e. The van der Waals surface area contributed by atoms with Crippen molar-refractivity contribution in [2.24, 2.45) is 5.73 Å². The van der Waals surface area contributed by atoms with Crippen LogP contribution in [0.1, 0.15) is 28.5 Å². The van der Waals surface area contributed by atoms with Gasteiger partial charge in [-0.05, 0) is 37.8 Å². The van der Waals surface area contributed by atoms with E-state index >= 15 is 0 Å². The lowest BCUT2D eigenvalue weighted by Gasteiger charge is -1.98. The summed E-state index contributed by atoms with van der Waals surface area (Å²) in [5.41, 5.74) is 5.54. The monoisotopic (exact) mass is 197 g/mol. The molecule has 0 amide bonds. The summed E-state index contributed by atoms with van der Waals surface area (Å²) in [5.74, 6) is 1.86. The standard InChI is InChI=1S/C10H15NOS/c1-12-8-6-10(7-2-3-7)13-9(8)4-5-11/h6-7H,2-5,11H2,1H3. The zero-order valence-corrected chi connectivity index (χ0v) is 8.69. The first-order chi connectivity index (χ1) is 6.35. The summed E-state index contributed by atoms with van der Waals surface area (Å²) in [6.07, 6.45) is 3.65. The number of thiophene rings is 1. The topological polar surface area (TPSA) is 35.2 Å². The van der Waals surface area contributed by atoms with Gasteiger partial charge in [0.05, 0.1) is 7.11 Å². The molecule has 13 heavy (non-hydrogen) atoms. The SMILES string of the molecule is COc1cc(C2CC2)sc1CCN. The molecule has 3 heteroatoms. The Hall–Kier alpha value is -0.540. The molecule has 0 radical (unpaired) electrons. The second-order valence-electron chi connectivity index (χ2n) is 3.45. The van der Waals surface area contributed by atoms with Crippen LogP contribution in [0, 0.1) is 0 Å². The number of hydrogen-bond donors (Lipinski definition) is 1. The summed E-state index contributed by atoms with van der Waals surface area (Å²) >= 11 is 1.87. The fraction of sp³-hybridized carbons (Fsp3) is 0.600. The fourth-order valence-corrected chi connectivity index (χ4v) is 2.79. The lowest BCUT2D eigenvalue weighted by atomic mass is 10.3. The normalized spacial score (nSPS) is 16.2. The fourth-order valence-electron chi connectivity index (χ4n) is 1.48. The quantitative estimate of drug-likeness (QED) is 0.802. The Morgan fingerprint density at radius 2 is 2.38 bits per heavy atom. The molecule has 72 valence electrons. The van der Waals surface area contributed by atoms with E-state index in [1.807, 2.05) is 11.3 Å². The van der Waals surface area contributed by atoms with E-state index in [4.69, 9.17) is 10.5 Å². The Kier molecular flexibility index (Phi) is 2.56. The molecule has 0 spiro atoms. The van der Waals surface area contributed by atoms with E-state index in [0.29, 0.717) is 6.54 Å². The second kappa shape index (κ2) is 3.68. The molecule has 0 bridgehead atoms. The lowest BCUT2D eigenvalue weighted by molar-refractivity contribution is 0.412. The van der Waals surface area contributed by atoms with E-state index in [-0.39, 0.29) is 0 Å². The molecule has 0 atom stereocenters. The van der Waals surface area contributed by atoms with Gasteiger partial charge in [0.25, 0.3) is 0 Å². The predicted octanol–water partition coefficient (Wildman–Crippen LogP) is 2.14. The van der Waals surface area contributed by atoms with E-state index in [0.717, 1.165) is 18.1 Å². The van der Waals surface area contributed by atoms with Crippen LogP contribution in [0.3, 0.4) is 0 Å². The molecule has 0 aliphatic heterocycles. The maximum atomic E-state index is 5.54. The van der Waals surface area contributed by atoms with Crippen molar-refractivity contribution in [3.63, 3.8) is 0 Å². The van der Waals surface area contributed by atoms with Crippen LogP contribution in [0.4, 0.5) is 0 Å². The molecule has 2 rings (SSSR count). The summed E-state index contributed by atoms with van der Waals surface area (Å²) in [6.45, 7) is 0.709. The summed E-state index contributed by atoms with van der Waals surface area (Å²) in [4.78, 5) is 2.80. The molecule has 0 saturated heterocycles. The van der Waals surface area contributed by atoms with Gasteiger partial charge in [-0.15, -0.1) is 11.3 Å². The molecule has 0 unspecified atom stereocenters. The summed E-state index contributed by atoms with van der Waals surface area (Å²) < 4.78 is 5.31.